The van der Waals surface area contributed by atoms with Gasteiger partial charge in [-0.15, -0.1) is 0 Å². The Morgan fingerprint density at radius 1 is 1.00 bits per heavy atom. The van der Waals surface area contributed by atoms with E-state index in [1.165, 1.54) is 7.11 Å². The highest BCUT2D eigenvalue weighted by atomic mass is 32.1. The summed E-state index contributed by atoms with van der Waals surface area (Å²) in [5.41, 5.74) is 1.97. The number of anilines is 1. The fraction of sp³-hybridized carbons (Fsp3) is 0.238. The maximum atomic E-state index is 12.7. The van der Waals surface area contributed by atoms with Crippen LogP contribution in [0.4, 0.5) is 5.69 Å². The van der Waals surface area contributed by atoms with Gasteiger partial charge < -0.3 is 20.3 Å². The second-order valence-corrected chi connectivity index (χ2v) is 6.56. The summed E-state index contributed by atoms with van der Waals surface area (Å²) in [6, 6.07) is 16.5. The van der Waals surface area contributed by atoms with Crippen molar-refractivity contribution in [3.05, 3.63) is 65.7 Å². The van der Waals surface area contributed by atoms with Crippen molar-refractivity contribution in [3.8, 4) is 0 Å². The summed E-state index contributed by atoms with van der Waals surface area (Å²) >= 11 is 5.28. The number of esters is 1. The molecule has 2 amide bonds. The van der Waals surface area contributed by atoms with Crippen molar-refractivity contribution in [1.82, 2.24) is 10.6 Å². The van der Waals surface area contributed by atoms with Crippen LogP contribution in [0.15, 0.2) is 54.6 Å². The second kappa shape index (κ2) is 10.9. The molecule has 0 aliphatic carbocycles. The molecule has 0 aliphatic heterocycles. The maximum Gasteiger partial charge on any atom is 0.306 e. The molecule has 0 saturated carbocycles. The van der Waals surface area contributed by atoms with Gasteiger partial charge >= 0.3 is 5.97 Å². The van der Waals surface area contributed by atoms with E-state index in [1.807, 2.05) is 30.3 Å². The zero-order valence-electron chi connectivity index (χ0n) is 16.3. The summed E-state index contributed by atoms with van der Waals surface area (Å²) in [4.78, 5) is 37.3. The largest absolute Gasteiger partial charge is 0.469 e. The monoisotopic (exact) mass is 413 g/mol. The van der Waals surface area contributed by atoms with E-state index in [9.17, 15) is 14.4 Å². The minimum absolute atomic E-state index is 0.0346. The molecule has 2 aromatic carbocycles. The van der Waals surface area contributed by atoms with Crippen LogP contribution in [0.3, 0.4) is 0 Å². The number of rotatable bonds is 7. The molecule has 0 fully saturated rings. The molecular weight excluding hydrogens is 390 g/mol. The summed E-state index contributed by atoms with van der Waals surface area (Å²) in [7, 11) is 2.92. The fourth-order valence-electron chi connectivity index (χ4n) is 2.52. The van der Waals surface area contributed by atoms with Crippen LogP contribution < -0.4 is 15.5 Å². The van der Waals surface area contributed by atoms with Gasteiger partial charge in [-0.2, -0.15) is 0 Å². The number of carbonyl (C=O) groups excluding carboxylic acids is 3. The lowest BCUT2D eigenvalue weighted by Crippen LogP contribution is -2.41. The lowest BCUT2D eigenvalue weighted by molar-refractivity contribution is -0.142. The molecule has 0 bridgehead atoms. The Morgan fingerprint density at radius 3 is 2.34 bits per heavy atom. The highest BCUT2D eigenvalue weighted by Crippen LogP contribution is 2.19. The number of hydrogen-bond donors (Lipinski definition) is 2. The number of benzene rings is 2. The molecule has 0 aromatic heterocycles. The summed E-state index contributed by atoms with van der Waals surface area (Å²) in [5, 5.41) is 5.57. The zero-order chi connectivity index (χ0) is 21.2. The molecule has 2 rings (SSSR count). The summed E-state index contributed by atoms with van der Waals surface area (Å²) in [5.74, 6) is -1.13. The van der Waals surface area contributed by atoms with Crippen molar-refractivity contribution in [2.45, 2.75) is 19.4 Å². The second-order valence-electron chi connectivity index (χ2n) is 6.17. The van der Waals surface area contributed by atoms with Crippen molar-refractivity contribution in [3.63, 3.8) is 0 Å². The lowest BCUT2D eigenvalue weighted by atomic mass is 10.1. The summed E-state index contributed by atoms with van der Waals surface area (Å²) in [6.45, 7) is 0.395. The first kappa shape index (κ1) is 22.0. The first-order valence-electron chi connectivity index (χ1n) is 8.98. The van der Waals surface area contributed by atoms with Crippen molar-refractivity contribution in [1.29, 1.82) is 0 Å². The predicted molar refractivity (Wildman–Crippen MR) is 114 cm³/mol. The highest BCUT2D eigenvalue weighted by Gasteiger charge is 2.18. The molecule has 7 nitrogen and oxygen atoms in total. The van der Waals surface area contributed by atoms with E-state index >= 15 is 0 Å². The summed E-state index contributed by atoms with van der Waals surface area (Å²) < 4.78 is 4.51. The molecular formula is C21H23N3O4S. The number of carbonyl (C=O) groups is 3. The van der Waals surface area contributed by atoms with E-state index in [0.29, 0.717) is 17.8 Å². The van der Waals surface area contributed by atoms with Gasteiger partial charge in [0.15, 0.2) is 5.11 Å². The molecule has 29 heavy (non-hydrogen) atoms. The average Bonchev–Trinajstić information content (AvgIpc) is 2.75. The number of hydrogen-bond acceptors (Lipinski definition) is 5. The standard InChI is InChI=1S/C21H23N3O4S/c1-24(21(29)23-18(25)12-13-19(26)28-2)17-11-7-6-10-16(17)20(27)22-14-15-8-4-3-5-9-15/h3-11H,12-14H2,1-2H3,(H,22,27)(H,23,25,29). The molecule has 0 spiro atoms. The molecule has 0 heterocycles. The van der Waals surface area contributed by atoms with Crippen LogP contribution in [0.25, 0.3) is 0 Å². The predicted octanol–water partition coefficient (Wildman–Crippen LogP) is 2.41. The number of methoxy groups -OCH3 is 1. The van der Waals surface area contributed by atoms with Crippen LogP contribution in [0.5, 0.6) is 0 Å². The lowest BCUT2D eigenvalue weighted by Gasteiger charge is -2.23. The van der Waals surface area contributed by atoms with Crippen LogP contribution in [0, 0.1) is 0 Å². The Hall–Kier alpha value is -3.26. The number of thiocarbonyl (C=S) groups is 1. The minimum atomic E-state index is -0.472. The molecule has 0 radical (unpaired) electrons. The van der Waals surface area contributed by atoms with Crippen LogP contribution >= 0.6 is 12.2 Å². The van der Waals surface area contributed by atoms with E-state index in [-0.39, 0.29) is 23.9 Å². The van der Waals surface area contributed by atoms with Crippen LogP contribution in [0.2, 0.25) is 0 Å². The van der Waals surface area contributed by atoms with Gasteiger partial charge in [0.2, 0.25) is 5.91 Å². The summed E-state index contributed by atoms with van der Waals surface area (Å²) in [6.07, 6.45) is -0.0764. The van der Waals surface area contributed by atoms with Gasteiger partial charge in [-0.25, -0.2) is 0 Å². The van der Waals surface area contributed by atoms with E-state index < -0.39 is 11.9 Å². The first-order chi connectivity index (χ1) is 13.9. The van der Waals surface area contributed by atoms with E-state index in [4.69, 9.17) is 12.2 Å². The first-order valence-corrected chi connectivity index (χ1v) is 9.38. The minimum Gasteiger partial charge on any atom is -0.469 e. The van der Waals surface area contributed by atoms with E-state index in [1.54, 1.807) is 36.2 Å². The molecule has 152 valence electrons. The SMILES string of the molecule is COC(=O)CCC(=O)NC(=S)N(C)c1ccccc1C(=O)NCc1ccccc1. The van der Waals surface area contributed by atoms with Crippen LogP contribution in [-0.4, -0.2) is 37.1 Å². The quantitative estimate of drug-likeness (QED) is 0.535. The molecule has 8 heteroatoms. The Kier molecular flexibility index (Phi) is 8.29. The van der Waals surface area contributed by atoms with E-state index in [0.717, 1.165) is 5.56 Å². The molecule has 0 aliphatic rings. The maximum absolute atomic E-state index is 12.7. The Morgan fingerprint density at radius 2 is 1.66 bits per heavy atom. The number of para-hydroxylation sites is 1. The van der Waals surface area contributed by atoms with Crippen LogP contribution in [-0.2, 0) is 20.9 Å². The van der Waals surface area contributed by atoms with Gasteiger partial charge in [-0.1, -0.05) is 42.5 Å². The van der Waals surface area contributed by atoms with Crippen molar-refractivity contribution < 1.29 is 19.1 Å². The highest BCUT2D eigenvalue weighted by molar-refractivity contribution is 7.80. The Bertz CT molecular complexity index is 887. The van der Waals surface area contributed by atoms with Gasteiger partial charge in [-0.05, 0) is 29.9 Å². The van der Waals surface area contributed by atoms with Gasteiger partial charge in [0, 0.05) is 20.0 Å². The Balaban J connectivity index is 2.02. The molecule has 0 saturated heterocycles. The van der Waals surface area contributed by atoms with Crippen molar-refractivity contribution in [2.75, 3.05) is 19.1 Å². The third kappa shape index (κ3) is 6.69. The molecule has 0 unspecified atom stereocenters. The number of nitrogens with one attached hydrogen (secondary N) is 2. The topological polar surface area (TPSA) is 87.7 Å². The fourth-order valence-corrected chi connectivity index (χ4v) is 2.74. The van der Waals surface area contributed by atoms with E-state index in [2.05, 4.69) is 15.4 Å². The third-order valence-corrected chi connectivity index (χ3v) is 4.52. The number of nitrogens with zero attached hydrogens (tertiary/aromatic N) is 1. The Labute approximate surface area is 175 Å². The molecule has 2 N–H and O–H groups in total. The molecule has 2 aromatic rings. The normalized spacial score (nSPS) is 10.0. The van der Waals surface area contributed by atoms with Crippen molar-refractivity contribution >= 4 is 40.8 Å². The smallest absolute Gasteiger partial charge is 0.306 e. The van der Waals surface area contributed by atoms with Crippen LogP contribution in [0.1, 0.15) is 28.8 Å². The van der Waals surface area contributed by atoms with Gasteiger partial charge in [0.05, 0.1) is 24.8 Å². The van der Waals surface area contributed by atoms with Gasteiger partial charge in [0.25, 0.3) is 5.91 Å². The number of ether oxygens (including phenoxy) is 1. The zero-order valence-corrected chi connectivity index (χ0v) is 17.1. The molecule has 0 atom stereocenters. The average molecular weight is 413 g/mol. The number of amides is 2. The van der Waals surface area contributed by atoms with Gasteiger partial charge in [0.1, 0.15) is 0 Å². The van der Waals surface area contributed by atoms with Gasteiger partial charge in [-0.3, -0.25) is 14.4 Å². The third-order valence-electron chi connectivity index (χ3n) is 4.14. The van der Waals surface area contributed by atoms with Crippen molar-refractivity contribution in [2.24, 2.45) is 0 Å².